The molecule has 0 aromatic heterocycles. The Morgan fingerprint density at radius 3 is 1.77 bits per heavy atom. The van der Waals surface area contributed by atoms with Gasteiger partial charge in [-0.05, 0) is 18.8 Å². The predicted octanol–water partition coefficient (Wildman–Crippen LogP) is 1.80. The minimum atomic E-state index is -4.54. The summed E-state index contributed by atoms with van der Waals surface area (Å²) in [6, 6.07) is 0. The summed E-state index contributed by atoms with van der Waals surface area (Å²) in [5.41, 5.74) is 0. The summed E-state index contributed by atoms with van der Waals surface area (Å²) < 4.78 is 36.0. The van der Waals surface area contributed by atoms with E-state index in [0.717, 1.165) is 32.1 Å². The van der Waals surface area contributed by atoms with Crippen LogP contribution in [-0.2, 0) is 14.6 Å². The SMILES string of the molecule is CCCCCCCCCCC(CCCC)COS(=O)(=O)[O-].[Na+]. The molecule has 0 aromatic carbocycles. The van der Waals surface area contributed by atoms with Crippen molar-refractivity contribution < 1.29 is 46.7 Å². The monoisotopic (exact) mass is 344 g/mol. The molecule has 0 N–H and O–H groups in total. The fourth-order valence-corrected chi connectivity index (χ4v) is 2.91. The van der Waals surface area contributed by atoms with Crippen molar-refractivity contribution in [3.63, 3.8) is 0 Å². The summed E-state index contributed by atoms with van der Waals surface area (Å²) in [7, 11) is -4.54. The summed E-state index contributed by atoms with van der Waals surface area (Å²) in [6.45, 7) is 4.39. The van der Waals surface area contributed by atoms with Crippen molar-refractivity contribution in [3.05, 3.63) is 0 Å². The van der Waals surface area contributed by atoms with E-state index in [1.54, 1.807) is 0 Å². The quantitative estimate of drug-likeness (QED) is 0.197. The molecule has 1 unspecified atom stereocenters. The third kappa shape index (κ3) is 18.9. The Labute approximate surface area is 160 Å². The molecule has 4 nitrogen and oxygen atoms in total. The maximum atomic E-state index is 10.5. The molecule has 22 heavy (non-hydrogen) atoms. The molecule has 1 atom stereocenters. The largest absolute Gasteiger partial charge is 1.00 e. The molecule has 0 saturated heterocycles. The smallest absolute Gasteiger partial charge is 0.726 e. The van der Waals surface area contributed by atoms with Crippen molar-refractivity contribution >= 4 is 10.4 Å². The first-order valence-electron chi connectivity index (χ1n) is 8.59. The van der Waals surface area contributed by atoms with E-state index < -0.39 is 10.4 Å². The zero-order valence-electron chi connectivity index (χ0n) is 14.8. The molecule has 128 valence electrons. The molecule has 0 amide bonds. The average molecular weight is 344 g/mol. The zero-order valence-corrected chi connectivity index (χ0v) is 17.6. The van der Waals surface area contributed by atoms with Crippen LogP contribution in [0.1, 0.15) is 90.9 Å². The van der Waals surface area contributed by atoms with Crippen molar-refractivity contribution in [2.75, 3.05) is 6.61 Å². The van der Waals surface area contributed by atoms with Crippen LogP contribution in [0.3, 0.4) is 0 Å². The van der Waals surface area contributed by atoms with Gasteiger partial charge in [-0.2, -0.15) is 0 Å². The van der Waals surface area contributed by atoms with E-state index in [4.69, 9.17) is 0 Å². The molecule has 0 aliphatic rings. The standard InChI is InChI=1S/C16H34O4S.Na/c1-3-5-7-8-9-10-11-12-14-16(13-6-4-2)15-20-21(17,18)19;/h16H,3-15H2,1-2H3,(H,17,18,19);/q;+1/p-1. The second kappa shape index (κ2) is 16.7. The fraction of sp³-hybridized carbons (Fsp3) is 1.00. The van der Waals surface area contributed by atoms with Gasteiger partial charge < -0.3 is 4.55 Å². The Morgan fingerprint density at radius 1 is 0.818 bits per heavy atom. The molecule has 0 heterocycles. The van der Waals surface area contributed by atoms with Crippen molar-refractivity contribution in [3.8, 4) is 0 Å². The molecule has 0 radical (unpaired) electrons. The number of unbranched alkanes of at least 4 members (excludes halogenated alkanes) is 8. The van der Waals surface area contributed by atoms with Crippen molar-refractivity contribution in [2.45, 2.75) is 90.9 Å². The van der Waals surface area contributed by atoms with Crippen molar-refractivity contribution in [1.29, 1.82) is 0 Å². The molecule has 0 spiro atoms. The van der Waals surface area contributed by atoms with Crippen LogP contribution >= 0.6 is 0 Å². The molecule has 0 bridgehead atoms. The van der Waals surface area contributed by atoms with Crippen LogP contribution in [0, 0.1) is 5.92 Å². The Hall–Kier alpha value is 0.870. The molecule has 0 aliphatic carbocycles. The van der Waals surface area contributed by atoms with Gasteiger partial charge in [-0.15, -0.1) is 0 Å². The van der Waals surface area contributed by atoms with Crippen LogP contribution < -0.4 is 29.6 Å². The van der Waals surface area contributed by atoms with Gasteiger partial charge in [0.1, 0.15) is 0 Å². The molecule has 0 aromatic rings. The molecular weight excluding hydrogens is 311 g/mol. The Morgan fingerprint density at radius 2 is 1.27 bits per heavy atom. The third-order valence-electron chi connectivity index (χ3n) is 3.88. The summed E-state index contributed by atoms with van der Waals surface area (Å²) in [6.07, 6.45) is 14.2. The maximum absolute atomic E-state index is 10.5. The molecule has 0 fully saturated rings. The van der Waals surface area contributed by atoms with Gasteiger partial charge in [0, 0.05) is 0 Å². The minimum Gasteiger partial charge on any atom is -0.726 e. The van der Waals surface area contributed by atoms with E-state index in [2.05, 4.69) is 18.0 Å². The maximum Gasteiger partial charge on any atom is 1.00 e. The van der Waals surface area contributed by atoms with Crippen LogP contribution in [0.15, 0.2) is 0 Å². The first-order valence-corrected chi connectivity index (χ1v) is 9.93. The van der Waals surface area contributed by atoms with Crippen LogP contribution in [0.25, 0.3) is 0 Å². The molecular formula is C16H33NaO4S. The Kier molecular flexibility index (Phi) is 19.1. The van der Waals surface area contributed by atoms with Gasteiger partial charge in [0.25, 0.3) is 0 Å². The normalized spacial score (nSPS) is 12.9. The van der Waals surface area contributed by atoms with E-state index in [-0.39, 0.29) is 42.1 Å². The van der Waals surface area contributed by atoms with Crippen LogP contribution in [-0.4, -0.2) is 19.6 Å². The van der Waals surface area contributed by atoms with Gasteiger partial charge in [0.2, 0.25) is 10.4 Å². The minimum absolute atomic E-state index is 0. The predicted molar refractivity (Wildman–Crippen MR) is 85.9 cm³/mol. The third-order valence-corrected chi connectivity index (χ3v) is 4.30. The molecule has 6 heteroatoms. The second-order valence-corrected chi connectivity index (χ2v) is 7.02. The molecule has 0 aliphatic heterocycles. The van der Waals surface area contributed by atoms with Gasteiger partial charge in [0.15, 0.2) is 0 Å². The van der Waals surface area contributed by atoms with Gasteiger partial charge in [-0.1, -0.05) is 78.1 Å². The van der Waals surface area contributed by atoms with Crippen LogP contribution in [0.4, 0.5) is 0 Å². The summed E-state index contributed by atoms with van der Waals surface area (Å²) in [5.74, 6) is 0.203. The van der Waals surface area contributed by atoms with Crippen LogP contribution in [0.5, 0.6) is 0 Å². The fourth-order valence-electron chi connectivity index (χ4n) is 2.55. The molecule has 0 rings (SSSR count). The Bertz CT molecular complexity index is 320. The number of hydrogen-bond donors (Lipinski definition) is 0. The van der Waals surface area contributed by atoms with Gasteiger partial charge in [0.05, 0.1) is 6.61 Å². The number of rotatable bonds is 15. The first kappa shape index (κ1) is 25.1. The van der Waals surface area contributed by atoms with Crippen LogP contribution in [0.2, 0.25) is 0 Å². The summed E-state index contributed by atoms with van der Waals surface area (Å²) >= 11 is 0. The van der Waals surface area contributed by atoms with E-state index in [1.807, 2.05) is 0 Å². The zero-order chi connectivity index (χ0) is 16.0. The van der Waals surface area contributed by atoms with Crippen molar-refractivity contribution in [2.24, 2.45) is 5.92 Å². The van der Waals surface area contributed by atoms with Gasteiger partial charge >= 0.3 is 29.6 Å². The Balaban J connectivity index is 0. The average Bonchev–Trinajstić information content (AvgIpc) is 2.42. The summed E-state index contributed by atoms with van der Waals surface area (Å²) in [4.78, 5) is 0. The van der Waals surface area contributed by atoms with E-state index in [1.165, 1.54) is 44.9 Å². The van der Waals surface area contributed by atoms with Gasteiger partial charge in [-0.3, -0.25) is 4.18 Å². The van der Waals surface area contributed by atoms with Crippen molar-refractivity contribution in [1.82, 2.24) is 0 Å². The topological polar surface area (TPSA) is 66.4 Å². The van der Waals surface area contributed by atoms with Gasteiger partial charge in [-0.25, -0.2) is 8.42 Å². The summed E-state index contributed by atoms with van der Waals surface area (Å²) in [5, 5.41) is 0. The van der Waals surface area contributed by atoms with E-state index >= 15 is 0 Å². The second-order valence-electron chi connectivity index (χ2n) is 5.96. The first-order chi connectivity index (χ1) is 9.99. The molecule has 0 saturated carbocycles. The van der Waals surface area contributed by atoms with E-state index in [0.29, 0.717) is 0 Å². The number of hydrogen-bond acceptors (Lipinski definition) is 4. The van der Waals surface area contributed by atoms with E-state index in [9.17, 15) is 13.0 Å².